The van der Waals surface area contributed by atoms with Crippen molar-refractivity contribution in [2.75, 3.05) is 4.90 Å². The molecule has 1 fully saturated rings. The third-order valence-electron chi connectivity index (χ3n) is 3.14. The van der Waals surface area contributed by atoms with Crippen LogP contribution in [0.25, 0.3) is 0 Å². The van der Waals surface area contributed by atoms with Gasteiger partial charge in [0.05, 0.1) is 10.7 Å². The van der Waals surface area contributed by atoms with E-state index in [2.05, 4.69) is 0 Å². The second kappa shape index (κ2) is 4.61. The Morgan fingerprint density at radius 3 is 2.67 bits per heavy atom. The molecule has 1 heterocycles. The SMILES string of the molecule is Cc1cc(C)c(N2C(=O)CCC2C(=O)O)c(Cl)c1. The quantitative estimate of drug-likeness (QED) is 0.896. The maximum Gasteiger partial charge on any atom is 0.326 e. The number of amides is 1. The van der Waals surface area contributed by atoms with Gasteiger partial charge in [-0.05, 0) is 37.5 Å². The predicted molar refractivity (Wildman–Crippen MR) is 69.1 cm³/mol. The van der Waals surface area contributed by atoms with Crippen LogP contribution in [0.2, 0.25) is 5.02 Å². The van der Waals surface area contributed by atoms with Crippen molar-refractivity contribution < 1.29 is 14.7 Å². The Morgan fingerprint density at radius 1 is 1.44 bits per heavy atom. The number of benzene rings is 1. The molecule has 0 spiro atoms. The van der Waals surface area contributed by atoms with Crippen molar-refractivity contribution in [2.45, 2.75) is 32.7 Å². The van der Waals surface area contributed by atoms with Crippen molar-refractivity contribution in [3.05, 3.63) is 28.3 Å². The van der Waals surface area contributed by atoms with Gasteiger partial charge in [0.1, 0.15) is 6.04 Å². The highest BCUT2D eigenvalue weighted by atomic mass is 35.5. The van der Waals surface area contributed by atoms with Gasteiger partial charge in [0.2, 0.25) is 5.91 Å². The lowest BCUT2D eigenvalue weighted by atomic mass is 10.1. The number of carboxylic acid groups (broad SMARTS) is 1. The number of carbonyl (C=O) groups is 2. The average molecular weight is 268 g/mol. The van der Waals surface area contributed by atoms with Crippen molar-refractivity contribution in [1.29, 1.82) is 0 Å². The Labute approximate surface area is 110 Å². The third kappa shape index (κ3) is 2.08. The molecule has 0 aromatic heterocycles. The number of hydrogen-bond donors (Lipinski definition) is 1. The summed E-state index contributed by atoms with van der Waals surface area (Å²) in [6.07, 6.45) is 0.582. The number of aliphatic carboxylic acids is 1. The molecule has 1 unspecified atom stereocenters. The molecule has 1 amide bonds. The smallest absolute Gasteiger partial charge is 0.326 e. The molecule has 96 valence electrons. The van der Waals surface area contributed by atoms with Crippen molar-refractivity contribution in [3.63, 3.8) is 0 Å². The van der Waals surface area contributed by atoms with E-state index < -0.39 is 12.0 Å². The Bertz CT molecular complexity index is 504. The molecule has 2 rings (SSSR count). The van der Waals surface area contributed by atoms with Crippen LogP contribution >= 0.6 is 11.6 Å². The van der Waals surface area contributed by atoms with Crippen molar-refractivity contribution in [2.24, 2.45) is 0 Å². The Hall–Kier alpha value is -1.55. The van der Waals surface area contributed by atoms with Gasteiger partial charge < -0.3 is 5.11 Å². The van der Waals surface area contributed by atoms with Gasteiger partial charge in [0, 0.05) is 6.42 Å². The summed E-state index contributed by atoms with van der Waals surface area (Å²) in [6.45, 7) is 3.74. The summed E-state index contributed by atoms with van der Waals surface area (Å²) >= 11 is 6.16. The number of carbonyl (C=O) groups excluding carboxylic acids is 1. The third-order valence-corrected chi connectivity index (χ3v) is 3.42. The summed E-state index contributed by atoms with van der Waals surface area (Å²) in [6, 6.07) is 2.83. The van der Waals surface area contributed by atoms with E-state index in [-0.39, 0.29) is 12.3 Å². The van der Waals surface area contributed by atoms with Gasteiger partial charge in [-0.25, -0.2) is 4.79 Å². The van der Waals surface area contributed by atoms with E-state index in [4.69, 9.17) is 16.7 Å². The summed E-state index contributed by atoms with van der Waals surface area (Å²) in [5.41, 5.74) is 2.33. The lowest BCUT2D eigenvalue weighted by Gasteiger charge is -2.25. The molecular weight excluding hydrogens is 254 g/mol. The van der Waals surface area contributed by atoms with Gasteiger partial charge in [0.25, 0.3) is 0 Å². The Kier molecular flexibility index (Phi) is 3.30. The Morgan fingerprint density at radius 2 is 2.11 bits per heavy atom. The van der Waals surface area contributed by atoms with Crippen LogP contribution in [-0.4, -0.2) is 23.0 Å². The number of aryl methyl sites for hydroxylation is 2. The molecule has 1 saturated heterocycles. The molecular formula is C13H14ClNO3. The lowest BCUT2D eigenvalue weighted by Crippen LogP contribution is -2.39. The van der Waals surface area contributed by atoms with Gasteiger partial charge >= 0.3 is 5.97 Å². The molecule has 18 heavy (non-hydrogen) atoms. The molecule has 1 atom stereocenters. The van der Waals surface area contributed by atoms with Crippen LogP contribution in [0.15, 0.2) is 12.1 Å². The molecule has 1 aromatic rings. The highest BCUT2D eigenvalue weighted by Crippen LogP contribution is 2.36. The molecule has 0 bridgehead atoms. The van der Waals surface area contributed by atoms with Crippen LogP contribution in [0.3, 0.4) is 0 Å². The second-order valence-corrected chi connectivity index (χ2v) is 4.98. The number of carboxylic acids is 1. The summed E-state index contributed by atoms with van der Waals surface area (Å²) in [5.74, 6) is -1.17. The average Bonchev–Trinajstić information content (AvgIpc) is 2.59. The van der Waals surface area contributed by atoms with Gasteiger partial charge in [-0.1, -0.05) is 17.7 Å². The van der Waals surface area contributed by atoms with Crippen LogP contribution in [0.5, 0.6) is 0 Å². The Balaban J connectivity index is 2.53. The van der Waals surface area contributed by atoms with Crippen LogP contribution in [-0.2, 0) is 9.59 Å². The molecule has 4 nitrogen and oxygen atoms in total. The first-order valence-electron chi connectivity index (χ1n) is 5.73. The zero-order valence-electron chi connectivity index (χ0n) is 10.2. The molecule has 0 aliphatic carbocycles. The van der Waals surface area contributed by atoms with E-state index in [1.165, 1.54) is 4.90 Å². The largest absolute Gasteiger partial charge is 0.480 e. The molecule has 1 N–H and O–H groups in total. The first-order valence-corrected chi connectivity index (χ1v) is 6.11. The van der Waals surface area contributed by atoms with E-state index >= 15 is 0 Å². The lowest BCUT2D eigenvalue weighted by molar-refractivity contribution is -0.138. The van der Waals surface area contributed by atoms with Crippen molar-refractivity contribution >= 4 is 29.2 Å². The summed E-state index contributed by atoms with van der Waals surface area (Å²) in [7, 11) is 0. The number of halogens is 1. The highest BCUT2D eigenvalue weighted by Gasteiger charge is 2.38. The maximum absolute atomic E-state index is 11.9. The van der Waals surface area contributed by atoms with Gasteiger partial charge in [-0.15, -0.1) is 0 Å². The zero-order valence-corrected chi connectivity index (χ0v) is 11.0. The standard InChI is InChI=1S/C13H14ClNO3/c1-7-5-8(2)12(9(14)6-7)15-10(13(17)18)3-4-11(15)16/h5-6,10H,3-4H2,1-2H3,(H,17,18). The fourth-order valence-electron chi connectivity index (χ4n) is 2.41. The van der Waals surface area contributed by atoms with Crippen LogP contribution in [0.4, 0.5) is 5.69 Å². The first-order chi connectivity index (χ1) is 8.41. The van der Waals surface area contributed by atoms with E-state index in [9.17, 15) is 9.59 Å². The number of anilines is 1. The summed E-state index contributed by atoms with van der Waals surface area (Å²) < 4.78 is 0. The minimum atomic E-state index is -0.989. The molecule has 1 aromatic carbocycles. The number of hydrogen-bond acceptors (Lipinski definition) is 2. The highest BCUT2D eigenvalue weighted by molar-refractivity contribution is 6.34. The van der Waals surface area contributed by atoms with Crippen LogP contribution in [0, 0.1) is 13.8 Å². The molecule has 5 heteroatoms. The van der Waals surface area contributed by atoms with E-state index in [0.29, 0.717) is 17.1 Å². The number of nitrogens with zero attached hydrogens (tertiary/aromatic N) is 1. The molecule has 0 radical (unpaired) electrons. The van der Waals surface area contributed by atoms with E-state index in [0.717, 1.165) is 11.1 Å². The second-order valence-electron chi connectivity index (χ2n) is 4.57. The molecule has 1 aliphatic heterocycles. The van der Waals surface area contributed by atoms with Crippen LogP contribution in [0.1, 0.15) is 24.0 Å². The van der Waals surface area contributed by atoms with Gasteiger partial charge in [-0.2, -0.15) is 0 Å². The summed E-state index contributed by atoms with van der Waals surface area (Å²) in [5, 5.41) is 9.59. The monoisotopic (exact) mass is 267 g/mol. The van der Waals surface area contributed by atoms with Crippen LogP contribution < -0.4 is 4.90 Å². The molecule has 0 saturated carbocycles. The normalized spacial score (nSPS) is 19.4. The topological polar surface area (TPSA) is 57.6 Å². The summed E-state index contributed by atoms with van der Waals surface area (Å²) in [4.78, 5) is 24.4. The maximum atomic E-state index is 11.9. The van der Waals surface area contributed by atoms with Crippen molar-refractivity contribution in [1.82, 2.24) is 0 Å². The predicted octanol–water partition coefficient (Wildman–Crippen LogP) is 2.54. The molecule has 1 aliphatic rings. The van der Waals surface area contributed by atoms with Gasteiger partial charge in [0.15, 0.2) is 0 Å². The van der Waals surface area contributed by atoms with E-state index in [1.54, 1.807) is 6.07 Å². The fraction of sp³-hybridized carbons (Fsp3) is 0.385. The number of rotatable bonds is 2. The first kappa shape index (κ1) is 12.9. The minimum Gasteiger partial charge on any atom is -0.480 e. The fourth-order valence-corrected chi connectivity index (χ4v) is 2.82. The van der Waals surface area contributed by atoms with E-state index in [1.807, 2.05) is 19.9 Å². The zero-order chi connectivity index (χ0) is 13.4. The van der Waals surface area contributed by atoms with Crippen molar-refractivity contribution in [3.8, 4) is 0 Å². The van der Waals surface area contributed by atoms with Gasteiger partial charge in [-0.3, -0.25) is 9.69 Å². The minimum absolute atomic E-state index is 0.184.